The van der Waals surface area contributed by atoms with E-state index in [-0.39, 0.29) is 43.6 Å². The molecule has 324 valence electrons. The molecule has 0 radical (unpaired) electrons. The average Bonchev–Trinajstić information content (AvgIpc) is 3.19. The Kier molecular flexibility index (Phi) is 15.2. The summed E-state index contributed by atoms with van der Waals surface area (Å²) >= 11 is 0. The Bertz CT molecular complexity index is 2310. The second-order valence-corrected chi connectivity index (χ2v) is 20.0. The molecule has 4 aromatic rings. The van der Waals surface area contributed by atoms with Crippen LogP contribution in [0.3, 0.4) is 0 Å². The third-order valence-corrected chi connectivity index (χ3v) is 16.0. The molecule has 0 atom stereocenters. The molecule has 1 aliphatic rings. The van der Waals surface area contributed by atoms with Gasteiger partial charge in [0.2, 0.25) is 20.0 Å². The lowest BCUT2D eigenvalue weighted by atomic mass is 9.82. The predicted octanol–water partition coefficient (Wildman–Crippen LogP) is 11.0. The van der Waals surface area contributed by atoms with Crippen LogP contribution in [0.1, 0.15) is 144 Å². The maximum Gasteiger partial charge on any atom is 0.243 e. The first-order valence-electron chi connectivity index (χ1n) is 21.6. The van der Waals surface area contributed by atoms with Gasteiger partial charge in [0, 0.05) is 48.7 Å². The van der Waals surface area contributed by atoms with Crippen molar-refractivity contribution in [3.05, 3.63) is 104 Å². The van der Waals surface area contributed by atoms with Gasteiger partial charge in [-0.05, 0) is 113 Å². The number of unbranched alkanes of at least 4 members (excludes halogenated alkanes) is 4. The van der Waals surface area contributed by atoms with E-state index in [1.54, 1.807) is 58.9 Å². The summed E-state index contributed by atoms with van der Waals surface area (Å²) in [4.78, 5) is 29.7. The van der Waals surface area contributed by atoms with Crippen LogP contribution in [0.25, 0.3) is 0 Å². The monoisotopic (exact) mass is 856 g/mol. The molecule has 10 nitrogen and oxygen atoms in total. The van der Waals surface area contributed by atoms with E-state index in [0.717, 1.165) is 62.5 Å². The van der Waals surface area contributed by atoms with Gasteiger partial charge < -0.3 is 10.6 Å². The van der Waals surface area contributed by atoms with Gasteiger partial charge in [0.1, 0.15) is 0 Å². The van der Waals surface area contributed by atoms with Crippen LogP contribution in [0.4, 0.5) is 22.7 Å². The predicted molar refractivity (Wildman–Crippen MR) is 245 cm³/mol. The lowest BCUT2D eigenvalue weighted by Crippen LogP contribution is -2.34. The fourth-order valence-corrected chi connectivity index (χ4v) is 12.4. The molecule has 0 spiro atoms. The summed E-state index contributed by atoms with van der Waals surface area (Å²) in [5, 5.41) is 6.89. The van der Waals surface area contributed by atoms with E-state index < -0.39 is 20.0 Å². The minimum atomic E-state index is -3.88. The number of ketones is 2. The number of nitrogens with zero attached hydrogens (tertiary/aromatic N) is 2. The lowest BCUT2D eigenvalue weighted by Gasteiger charge is -2.28. The zero-order valence-electron chi connectivity index (χ0n) is 37.3. The van der Waals surface area contributed by atoms with E-state index in [1.165, 1.54) is 0 Å². The molecule has 0 aliphatic heterocycles. The summed E-state index contributed by atoms with van der Waals surface area (Å²) in [5.74, 6) is -0.704. The van der Waals surface area contributed by atoms with Gasteiger partial charge in [0.25, 0.3) is 0 Å². The van der Waals surface area contributed by atoms with Crippen molar-refractivity contribution in [1.29, 1.82) is 0 Å². The molecule has 2 N–H and O–H groups in total. The highest BCUT2D eigenvalue weighted by Gasteiger charge is 2.36. The first kappa shape index (κ1) is 46.7. The van der Waals surface area contributed by atoms with Crippen LogP contribution in [0.5, 0.6) is 0 Å². The number of aryl methyl sites for hydroxylation is 4. The fourth-order valence-electron chi connectivity index (χ4n) is 8.51. The number of fused-ring (bicyclic) bond motifs is 2. The Morgan fingerprint density at radius 2 is 0.800 bits per heavy atom. The highest BCUT2D eigenvalue weighted by molar-refractivity contribution is 7.89. The Balaban J connectivity index is 1.68. The Morgan fingerprint density at radius 1 is 0.483 bits per heavy atom. The van der Waals surface area contributed by atoms with E-state index in [0.29, 0.717) is 71.2 Å². The summed E-state index contributed by atoms with van der Waals surface area (Å²) in [6, 6.07) is 13.9. The number of hydrogen-bond acceptors (Lipinski definition) is 8. The summed E-state index contributed by atoms with van der Waals surface area (Å²) in [6.07, 6.45) is 6.44. The summed E-state index contributed by atoms with van der Waals surface area (Å²) in [5.41, 5.74) is 6.57. The van der Waals surface area contributed by atoms with Gasteiger partial charge in [0.15, 0.2) is 11.6 Å². The molecule has 12 heteroatoms. The first-order chi connectivity index (χ1) is 28.5. The van der Waals surface area contributed by atoms with Crippen LogP contribution in [-0.4, -0.2) is 63.2 Å². The quantitative estimate of drug-likeness (QED) is 0.0791. The van der Waals surface area contributed by atoms with Crippen molar-refractivity contribution >= 4 is 54.4 Å². The van der Waals surface area contributed by atoms with Crippen molar-refractivity contribution in [2.45, 2.75) is 130 Å². The van der Waals surface area contributed by atoms with E-state index >= 15 is 0 Å². The Labute approximate surface area is 359 Å². The van der Waals surface area contributed by atoms with Crippen molar-refractivity contribution in [3.63, 3.8) is 0 Å². The summed E-state index contributed by atoms with van der Waals surface area (Å²) in [7, 11) is -7.76. The number of carbonyl (C=O) groups excluding carboxylic acids is 2. The molecule has 0 aromatic heterocycles. The Hall–Kier alpha value is -4.36. The SMILES string of the molecule is CCCCN(CCCC)S(=O)(=O)c1c(C)cc(C)c(Nc2ccc(Nc3c(C)cc(C)c(S(=O)(=O)N(CCCC)CCCC)c3C)c3c2C(=O)c2ccccc2C3=O)c1C. The lowest BCUT2D eigenvalue weighted by molar-refractivity contribution is 0.0980. The molecule has 0 unspecified atom stereocenters. The highest BCUT2D eigenvalue weighted by atomic mass is 32.2. The number of sulfonamides is 2. The molecular formula is C48H64N4O6S2. The van der Waals surface area contributed by atoms with Gasteiger partial charge in [0.05, 0.1) is 32.3 Å². The van der Waals surface area contributed by atoms with Gasteiger partial charge >= 0.3 is 0 Å². The van der Waals surface area contributed by atoms with Crippen molar-refractivity contribution in [2.75, 3.05) is 36.8 Å². The molecule has 4 aromatic carbocycles. The van der Waals surface area contributed by atoms with E-state index in [4.69, 9.17) is 0 Å². The van der Waals surface area contributed by atoms with Crippen molar-refractivity contribution in [3.8, 4) is 0 Å². The fraction of sp³-hybridized carbons (Fsp3) is 0.458. The van der Waals surface area contributed by atoms with E-state index in [1.807, 2.05) is 67.5 Å². The number of nitrogens with one attached hydrogen (secondary N) is 2. The van der Waals surface area contributed by atoms with Gasteiger partial charge in [-0.25, -0.2) is 16.8 Å². The molecule has 0 amide bonds. The van der Waals surface area contributed by atoms with Gasteiger partial charge in [-0.3, -0.25) is 9.59 Å². The number of anilines is 4. The summed E-state index contributed by atoms with van der Waals surface area (Å²) < 4.78 is 60.9. The minimum Gasteiger partial charge on any atom is -0.354 e. The normalized spacial score (nSPS) is 12.9. The number of benzene rings is 4. The second kappa shape index (κ2) is 19.6. The van der Waals surface area contributed by atoms with Crippen LogP contribution in [-0.2, 0) is 20.0 Å². The summed E-state index contributed by atoms with van der Waals surface area (Å²) in [6.45, 7) is 20.9. The zero-order valence-corrected chi connectivity index (χ0v) is 38.9. The topological polar surface area (TPSA) is 133 Å². The van der Waals surface area contributed by atoms with Crippen molar-refractivity contribution < 1.29 is 26.4 Å². The van der Waals surface area contributed by atoms with Crippen LogP contribution in [0.2, 0.25) is 0 Å². The van der Waals surface area contributed by atoms with Crippen molar-refractivity contribution in [1.82, 2.24) is 8.61 Å². The minimum absolute atomic E-state index is 0.153. The molecule has 1 aliphatic carbocycles. The maximum atomic E-state index is 14.6. The molecule has 0 fully saturated rings. The highest BCUT2D eigenvalue weighted by Crippen LogP contribution is 2.42. The number of hydrogen-bond donors (Lipinski definition) is 2. The zero-order chi connectivity index (χ0) is 44.1. The van der Waals surface area contributed by atoms with Gasteiger partial charge in [-0.15, -0.1) is 0 Å². The van der Waals surface area contributed by atoms with Crippen LogP contribution in [0.15, 0.2) is 58.3 Å². The maximum absolute atomic E-state index is 14.6. The third kappa shape index (κ3) is 9.12. The van der Waals surface area contributed by atoms with Gasteiger partial charge in [-0.1, -0.05) is 89.8 Å². The number of rotatable bonds is 20. The molecule has 0 heterocycles. The Morgan fingerprint density at radius 3 is 1.10 bits per heavy atom. The van der Waals surface area contributed by atoms with Crippen LogP contribution in [0, 0.1) is 41.5 Å². The van der Waals surface area contributed by atoms with Gasteiger partial charge in [-0.2, -0.15) is 8.61 Å². The van der Waals surface area contributed by atoms with E-state index in [2.05, 4.69) is 10.6 Å². The molecular weight excluding hydrogens is 793 g/mol. The standard InChI is InChI=1S/C48H64N4O6S2/c1-11-15-25-51(26-16-12-2)59(55,56)47-33(7)29-31(5)43(35(47)9)49-39-23-24-40(42-41(39)45(53)37-21-19-20-22-38(37)46(42)54)50-44-32(6)30-34(8)48(36(44)10)60(57,58)52(27-17-13-3)28-18-14-4/h19-24,29-30,49-50H,11-18,25-28H2,1-10H3. The molecule has 0 bridgehead atoms. The largest absolute Gasteiger partial charge is 0.354 e. The van der Waals surface area contributed by atoms with E-state index in [9.17, 15) is 26.4 Å². The molecule has 60 heavy (non-hydrogen) atoms. The smallest absolute Gasteiger partial charge is 0.243 e. The van der Waals surface area contributed by atoms with Crippen LogP contribution >= 0.6 is 0 Å². The van der Waals surface area contributed by atoms with Crippen molar-refractivity contribution in [2.24, 2.45) is 0 Å². The molecule has 0 saturated heterocycles. The average molecular weight is 857 g/mol. The molecule has 0 saturated carbocycles. The third-order valence-electron chi connectivity index (χ3n) is 11.6. The first-order valence-corrected chi connectivity index (χ1v) is 24.5. The second-order valence-electron chi connectivity index (χ2n) is 16.3. The number of carbonyl (C=O) groups is 2. The molecule has 5 rings (SSSR count). The van der Waals surface area contributed by atoms with Crippen LogP contribution < -0.4 is 10.6 Å².